The number of likely N-dealkylation sites (tertiary alicyclic amines) is 1. The van der Waals surface area contributed by atoms with Crippen LogP contribution in [0.1, 0.15) is 18.4 Å². The molecule has 0 saturated carbocycles. The number of hydrogen-bond donors (Lipinski definition) is 2. The smallest absolute Gasteiger partial charge is 0.407 e. The van der Waals surface area contributed by atoms with E-state index in [9.17, 15) is 24.8 Å². The number of carboxylic acid groups (broad SMARTS) is 2. The minimum absolute atomic E-state index is 0.0662. The largest absolute Gasteiger partial charge is 0.481 e. The summed E-state index contributed by atoms with van der Waals surface area (Å²) in [5, 5.41) is 29.7. The number of piperidine rings is 1. The van der Waals surface area contributed by atoms with Crippen molar-refractivity contribution in [2.75, 3.05) is 13.1 Å². The van der Waals surface area contributed by atoms with Crippen molar-refractivity contribution in [1.82, 2.24) is 4.90 Å². The third kappa shape index (κ3) is 3.00. The van der Waals surface area contributed by atoms with Gasteiger partial charge in [0.2, 0.25) is 0 Å². The molecule has 1 unspecified atom stereocenters. The topological polar surface area (TPSA) is 121 Å². The Morgan fingerprint density at radius 3 is 2.59 bits per heavy atom. The van der Waals surface area contributed by atoms with Crippen molar-refractivity contribution in [2.24, 2.45) is 5.41 Å². The summed E-state index contributed by atoms with van der Waals surface area (Å²) in [4.78, 5) is 34.4. The van der Waals surface area contributed by atoms with E-state index >= 15 is 0 Å². The fraction of sp³-hybridized carbons (Fsp3) is 0.429. The van der Waals surface area contributed by atoms with Gasteiger partial charge in [-0.2, -0.15) is 0 Å². The Labute approximate surface area is 126 Å². The number of benzene rings is 1. The molecule has 1 atom stereocenters. The summed E-state index contributed by atoms with van der Waals surface area (Å²) in [5.74, 6) is -1.13. The number of carbonyl (C=O) groups is 2. The molecule has 2 rings (SSSR count). The summed E-state index contributed by atoms with van der Waals surface area (Å²) in [6.45, 7) is 0.116. The van der Waals surface area contributed by atoms with Crippen LogP contribution >= 0.6 is 0 Å². The number of nitro groups is 1. The number of amides is 1. The Morgan fingerprint density at radius 2 is 2.00 bits per heavy atom. The maximum absolute atomic E-state index is 11.7. The van der Waals surface area contributed by atoms with Gasteiger partial charge in [0.05, 0.1) is 10.3 Å². The van der Waals surface area contributed by atoms with Crippen LogP contribution in [-0.4, -0.2) is 45.2 Å². The Morgan fingerprint density at radius 1 is 1.32 bits per heavy atom. The van der Waals surface area contributed by atoms with Gasteiger partial charge in [-0.1, -0.05) is 18.2 Å². The van der Waals surface area contributed by atoms with E-state index < -0.39 is 22.4 Å². The molecule has 1 aromatic carbocycles. The number of hydrogen-bond acceptors (Lipinski definition) is 4. The van der Waals surface area contributed by atoms with Gasteiger partial charge < -0.3 is 15.1 Å². The highest BCUT2D eigenvalue weighted by Gasteiger charge is 2.44. The van der Waals surface area contributed by atoms with Crippen LogP contribution in [0.25, 0.3) is 0 Å². The lowest BCUT2D eigenvalue weighted by Gasteiger charge is -2.38. The molecule has 1 aliphatic rings. The Kier molecular flexibility index (Phi) is 4.30. The van der Waals surface area contributed by atoms with Crippen LogP contribution in [0.3, 0.4) is 0 Å². The lowest BCUT2D eigenvalue weighted by Crippen LogP contribution is -2.50. The fourth-order valence-electron chi connectivity index (χ4n) is 2.89. The van der Waals surface area contributed by atoms with Crippen LogP contribution in [0, 0.1) is 15.5 Å². The summed E-state index contributed by atoms with van der Waals surface area (Å²) in [5.41, 5.74) is -1.17. The second kappa shape index (κ2) is 6.00. The number of nitrogens with zero attached hydrogens (tertiary/aromatic N) is 2. The monoisotopic (exact) mass is 308 g/mol. The summed E-state index contributed by atoms with van der Waals surface area (Å²) >= 11 is 0. The number of aliphatic carboxylic acids is 1. The quantitative estimate of drug-likeness (QED) is 0.648. The first-order valence-electron chi connectivity index (χ1n) is 6.79. The minimum Gasteiger partial charge on any atom is -0.481 e. The molecule has 1 aliphatic heterocycles. The lowest BCUT2D eigenvalue weighted by molar-refractivity contribution is -0.385. The van der Waals surface area contributed by atoms with E-state index in [0.717, 1.165) is 4.90 Å². The molecule has 118 valence electrons. The zero-order valence-corrected chi connectivity index (χ0v) is 11.8. The van der Waals surface area contributed by atoms with Gasteiger partial charge in [-0.15, -0.1) is 0 Å². The van der Waals surface area contributed by atoms with Crippen molar-refractivity contribution < 1.29 is 24.7 Å². The molecule has 8 nitrogen and oxygen atoms in total. The van der Waals surface area contributed by atoms with Gasteiger partial charge in [0.1, 0.15) is 0 Å². The van der Waals surface area contributed by atoms with Gasteiger partial charge in [0.15, 0.2) is 0 Å². The fourth-order valence-corrected chi connectivity index (χ4v) is 2.89. The molecule has 0 radical (unpaired) electrons. The van der Waals surface area contributed by atoms with E-state index in [1.165, 1.54) is 18.2 Å². The van der Waals surface area contributed by atoms with Crippen LogP contribution in [0.2, 0.25) is 0 Å². The molecule has 8 heteroatoms. The highest BCUT2D eigenvalue weighted by atomic mass is 16.6. The highest BCUT2D eigenvalue weighted by molar-refractivity contribution is 5.77. The molecule has 22 heavy (non-hydrogen) atoms. The van der Waals surface area contributed by atoms with Gasteiger partial charge >= 0.3 is 12.1 Å². The van der Waals surface area contributed by atoms with Crippen molar-refractivity contribution in [2.45, 2.75) is 19.3 Å². The second-order valence-electron chi connectivity index (χ2n) is 5.46. The molecular formula is C14H16N2O6. The van der Waals surface area contributed by atoms with E-state index in [1.54, 1.807) is 6.07 Å². The first-order chi connectivity index (χ1) is 10.4. The molecule has 0 aliphatic carbocycles. The first-order valence-corrected chi connectivity index (χ1v) is 6.79. The van der Waals surface area contributed by atoms with E-state index in [-0.39, 0.29) is 31.6 Å². The van der Waals surface area contributed by atoms with Crippen LogP contribution in [0.15, 0.2) is 24.3 Å². The third-order valence-corrected chi connectivity index (χ3v) is 4.02. The first kappa shape index (κ1) is 15.7. The molecule has 1 saturated heterocycles. The number of para-hydroxylation sites is 1. The molecule has 0 bridgehead atoms. The molecule has 1 heterocycles. The van der Waals surface area contributed by atoms with E-state index in [4.69, 9.17) is 5.11 Å². The average molecular weight is 308 g/mol. The summed E-state index contributed by atoms with van der Waals surface area (Å²) in [7, 11) is 0. The lowest BCUT2D eigenvalue weighted by atomic mass is 9.75. The molecule has 1 fully saturated rings. The number of nitro benzene ring substituents is 1. The van der Waals surface area contributed by atoms with Gasteiger partial charge in [-0.25, -0.2) is 4.79 Å². The molecule has 2 N–H and O–H groups in total. The minimum atomic E-state index is -1.33. The molecule has 0 spiro atoms. The standard InChI is InChI=1S/C14H16N2O6/c17-12(18)14(6-3-7-15(9-14)13(19)20)8-10-4-1-2-5-11(10)16(21)22/h1-2,4-5H,3,6-9H2,(H,17,18)(H,19,20). The van der Waals surface area contributed by atoms with Crippen LogP contribution in [0.5, 0.6) is 0 Å². The van der Waals surface area contributed by atoms with Crippen molar-refractivity contribution >= 4 is 17.7 Å². The predicted octanol–water partition coefficient (Wildman–Crippen LogP) is 1.98. The predicted molar refractivity (Wildman–Crippen MR) is 75.7 cm³/mol. The zero-order chi connectivity index (χ0) is 16.3. The van der Waals surface area contributed by atoms with Crippen molar-refractivity contribution in [3.05, 3.63) is 39.9 Å². The maximum Gasteiger partial charge on any atom is 0.407 e. The Bertz CT molecular complexity index is 617. The zero-order valence-electron chi connectivity index (χ0n) is 11.8. The summed E-state index contributed by atoms with van der Waals surface area (Å²) in [6.07, 6.45) is -0.534. The van der Waals surface area contributed by atoms with Crippen molar-refractivity contribution in [1.29, 1.82) is 0 Å². The van der Waals surface area contributed by atoms with Crippen LogP contribution in [0.4, 0.5) is 10.5 Å². The molecule has 1 amide bonds. The Hall–Kier alpha value is -2.64. The van der Waals surface area contributed by atoms with Crippen molar-refractivity contribution in [3.63, 3.8) is 0 Å². The van der Waals surface area contributed by atoms with Crippen LogP contribution < -0.4 is 0 Å². The molecular weight excluding hydrogens is 292 g/mol. The Balaban J connectivity index is 2.36. The van der Waals surface area contributed by atoms with Crippen molar-refractivity contribution in [3.8, 4) is 0 Å². The van der Waals surface area contributed by atoms with Crippen LogP contribution in [-0.2, 0) is 11.2 Å². The van der Waals surface area contributed by atoms with Gasteiger partial charge in [-0.3, -0.25) is 14.9 Å². The second-order valence-corrected chi connectivity index (χ2v) is 5.46. The SMILES string of the molecule is O=C(O)N1CCCC(Cc2ccccc2[N+](=O)[O-])(C(=O)O)C1. The van der Waals surface area contributed by atoms with E-state index in [1.807, 2.05) is 0 Å². The third-order valence-electron chi connectivity index (χ3n) is 4.02. The maximum atomic E-state index is 11.7. The summed E-state index contributed by atoms with van der Waals surface area (Å²) < 4.78 is 0. The van der Waals surface area contributed by atoms with Gasteiger partial charge in [0.25, 0.3) is 5.69 Å². The molecule has 0 aromatic heterocycles. The number of rotatable bonds is 4. The van der Waals surface area contributed by atoms with Gasteiger partial charge in [0, 0.05) is 24.7 Å². The summed E-state index contributed by atoms with van der Waals surface area (Å²) in [6, 6.07) is 5.96. The van der Waals surface area contributed by atoms with E-state index in [2.05, 4.69) is 0 Å². The average Bonchev–Trinajstić information content (AvgIpc) is 2.47. The van der Waals surface area contributed by atoms with E-state index in [0.29, 0.717) is 12.0 Å². The number of carboxylic acids is 1. The van der Waals surface area contributed by atoms with Gasteiger partial charge in [-0.05, 0) is 19.3 Å². The molecule has 1 aromatic rings. The normalized spacial score (nSPS) is 21.4. The highest BCUT2D eigenvalue weighted by Crippen LogP contribution is 2.36.